The summed E-state index contributed by atoms with van der Waals surface area (Å²) in [4.78, 5) is 13.5. The largest absolute Gasteiger partial charge is 0.387 e. The van der Waals surface area contributed by atoms with Crippen LogP contribution in [-0.4, -0.2) is 42.6 Å². The highest BCUT2D eigenvalue weighted by atomic mass is 16.3. The topological polar surface area (TPSA) is 52.6 Å². The monoisotopic (exact) mass is 340 g/mol. The molecule has 0 unspecified atom stereocenters. The second-order valence-corrected chi connectivity index (χ2v) is 6.67. The molecule has 0 spiro atoms. The Kier molecular flexibility index (Phi) is 7.16. The Hall–Kier alpha value is -2.17. The highest BCUT2D eigenvalue weighted by molar-refractivity contribution is 5.93. The van der Waals surface area contributed by atoms with Crippen molar-refractivity contribution in [2.24, 2.45) is 0 Å². The van der Waals surface area contributed by atoms with E-state index in [2.05, 4.69) is 12.2 Å². The van der Waals surface area contributed by atoms with Crippen LogP contribution in [0.4, 0.5) is 0 Å². The summed E-state index contributed by atoms with van der Waals surface area (Å²) in [6.07, 6.45) is 1.43. The van der Waals surface area contributed by atoms with Gasteiger partial charge in [0.1, 0.15) is 0 Å². The van der Waals surface area contributed by atoms with E-state index in [1.165, 1.54) is 5.56 Å². The normalized spacial score (nSPS) is 13.3. The van der Waals surface area contributed by atoms with E-state index in [1.54, 1.807) is 19.0 Å². The summed E-state index contributed by atoms with van der Waals surface area (Å²) in [5.74, 6) is 0.0245. The van der Waals surface area contributed by atoms with Crippen molar-refractivity contribution in [2.75, 3.05) is 20.6 Å². The highest BCUT2D eigenvalue weighted by Crippen LogP contribution is 2.12. The van der Waals surface area contributed by atoms with Gasteiger partial charge in [0.2, 0.25) is 0 Å². The maximum absolute atomic E-state index is 11.9. The fourth-order valence-corrected chi connectivity index (χ4v) is 2.66. The van der Waals surface area contributed by atoms with Gasteiger partial charge in [0, 0.05) is 32.2 Å². The van der Waals surface area contributed by atoms with Gasteiger partial charge < -0.3 is 15.3 Å². The lowest BCUT2D eigenvalue weighted by Crippen LogP contribution is -2.30. The first-order valence-electron chi connectivity index (χ1n) is 8.74. The number of hydrogen-bond donors (Lipinski definition) is 2. The van der Waals surface area contributed by atoms with E-state index in [9.17, 15) is 9.90 Å². The van der Waals surface area contributed by atoms with Crippen LogP contribution in [0, 0.1) is 0 Å². The molecule has 0 bridgehead atoms. The Bertz CT molecular complexity index is 653. The van der Waals surface area contributed by atoms with Crippen molar-refractivity contribution < 1.29 is 9.90 Å². The lowest BCUT2D eigenvalue weighted by Gasteiger charge is -2.17. The molecule has 2 atom stereocenters. The van der Waals surface area contributed by atoms with E-state index >= 15 is 0 Å². The van der Waals surface area contributed by atoms with E-state index in [0.29, 0.717) is 18.2 Å². The quantitative estimate of drug-likeness (QED) is 0.777. The molecule has 0 heterocycles. The molecule has 2 aromatic rings. The molecule has 2 rings (SSSR count). The van der Waals surface area contributed by atoms with Crippen molar-refractivity contribution in [2.45, 2.75) is 31.9 Å². The van der Waals surface area contributed by atoms with Crippen molar-refractivity contribution >= 4 is 5.91 Å². The van der Waals surface area contributed by atoms with Crippen LogP contribution in [0.25, 0.3) is 0 Å². The van der Waals surface area contributed by atoms with Crippen LogP contribution in [-0.2, 0) is 6.42 Å². The zero-order chi connectivity index (χ0) is 18.2. The molecule has 134 valence electrons. The number of amides is 1. The summed E-state index contributed by atoms with van der Waals surface area (Å²) in [6.45, 7) is 2.67. The van der Waals surface area contributed by atoms with Crippen LogP contribution >= 0.6 is 0 Å². The van der Waals surface area contributed by atoms with Crippen LogP contribution in [0.15, 0.2) is 54.6 Å². The maximum atomic E-state index is 11.9. The number of nitrogens with zero attached hydrogens (tertiary/aromatic N) is 1. The molecule has 2 N–H and O–H groups in total. The smallest absolute Gasteiger partial charge is 0.253 e. The summed E-state index contributed by atoms with van der Waals surface area (Å²) >= 11 is 0. The highest BCUT2D eigenvalue weighted by Gasteiger charge is 2.10. The van der Waals surface area contributed by atoms with E-state index in [-0.39, 0.29) is 5.91 Å². The van der Waals surface area contributed by atoms with Gasteiger partial charge in [-0.05, 0) is 43.0 Å². The predicted octanol–water partition coefficient (Wildman–Crippen LogP) is 3.03. The van der Waals surface area contributed by atoms with Crippen molar-refractivity contribution in [3.63, 3.8) is 0 Å². The number of carbonyl (C=O) groups excluding carboxylic acids is 1. The van der Waals surface area contributed by atoms with Crippen molar-refractivity contribution in [3.8, 4) is 0 Å². The average Bonchev–Trinajstić information content (AvgIpc) is 2.64. The second-order valence-electron chi connectivity index (χ2n) is 6.67. The number of benzene rings is 2. The van der Waals surface area contributed by atoms with Crippen molar-refractivity contribution in [1.29, 1.82) is 0 Å². The van der Waals surface area contributed by atoms with Gasteiger partial charge in [-0.15, -0.1) is 0 Å². The summed E-state index contributed by atoms with van der Waals surface area (Å²) < 4.78 is 0. The van der Waals surface area contributed by atoms with Crippen LogP contribution in [0.1, 0.15) is 40.9 Å². The zero-order valence-electron chi connectivity index (χ0n) is 15.3. The Morgan fingerprint density at radius 3 is 2.32 bits per heavy atom. The first-order chi connectivity index (χ1) is 12.0. The molecule has 0 fully saturated rings. The van der Waals surface area contributed by atoms with Crippen molar-refractivity contribution in [3.05, 3.63) is 71.3 Å². The SMILES string of the molecule is C[C@@H](CCc1ccc(C(=O)N(C)C)cc1)NC[C@@H](O)c1ccccc1. The fraction of sp³-hybridized carbons (Fsp3) is 0.381. The third-order valence-corrected chi connectivity index (χ3v) is 4.32. The molecular formula is C21H28N2O2. The lowest BCUT2D eigenvalue weighted by atomic mass is 10.0. The standard InChI is InChI=1S/C21H28N2O2/c1-16(22-15-20(24)18-7-5-4-6-8-18)9-10-17-11-13-19(14-12-17)21(25)23(2)3/h4-8,11-14,16,20,22,24H,9-10,15H2,1-3H3/t16-,20+/m0/s1. The average molecular weight is 340 g/mol. The number of aryl methyl sites for hydroxylation is 1. The lowest BCUT2D eigenvalue weighted by molar-refractivity contribution is 0.0827. The van der Waals surface area contributed by atoms with Gasteiger partial charge >= 0.3 is 0 Å². The Labute approximate surface area is 150 Å². The van der Waals surface area contributed by atoms with Crippen LogP contribution in [0.5, 0.6) is 0 Å². The molecule has 0 aliphatic carbocycles. The number of hydrogen-bond acceptors (Lipinski definition) is 3. The molecule has 4 heteroatoms. The number of rotatable bonds is 8. The maximum Gasteiger partial charge on any atom is 0.253 e. The van der Waals surface area contributed by atoms with Crippen LogP contribution in [0.2, 0.25) is 0 Å². The molecule has 0 saturated heterocycles. The second kappa shape index (κ2) is 9.35. The van der Waals surface area contributed by atoms with Gasteiger partial charge in [-0.3, -0.25) is 4.79 Å². The molecule has 0 saturated carbocycles. The molecule has 1 amide bonds. The minimum Gasteiger partial charge on any atom is -0.387 e. The molecule has 25 heavy (non-hydrogen) atoms. The van der Waals surface area contributed by atoms with Gasteiger partial charge in [-0.2, -0.15) is 0 Å². The zero-order valence-corrected chi connectivity index (χ0v) is 15.3. The van der Waals surface area contributed by atoms with Gasteiger partial charge in [-0.1, -0.05) is 42.5 Å². The van der Waals surface area contributed by atoms with E-state index in [4.69, 9.17) is 0 Å². The van der Waals surface area contributed by atoms with E-state index < -0.39 is 6.10 Å². The van der Waals surface area contributed by atoms with E-state index in [1.807, 2.05) is 54.6 Å². The number of carbonyl (C=O) groups is 1. The number of nitrogens with one attached hydrogen (secondary N) is 1. The molecule has 4 nitrogen and oxygen atoms in total. The van der Waals surface area contributed by atoms with Gasteiger partial charge in [0.05, 0.1) is 6.10 Å². The third-order valence-electron chi connectivity index (χ3n) is 4.32. The molecule has 0 radical (unpaired) electrons. The molecule has 0 aliphatic heterocycles. The first-order valence-corrected chi connectivity index (χ1v) is 8.74. The minimum atomic E-state index is -0.486. The fourth-order valence-electron chi connectivity index (χ4n) is 2.66. The summed E-state index contributed by atoms with van der Waals surface area (Å²) in [5, 5.41) is 13.6. The van der Waals surface area contributed by atoms with Gasteiger partial charge in [0.25, 0.3) is 5.91 Å². The molecule has 2 aromatic carbocycles. The Morgan fingerprint density at radius 2 is 1.72 bits per heavy atom. The minimum absolute atomic E-state index is 0.0245. The first kappa shape index (κ1) is 19.2. The van der Waals surface area contributed by atoms with Crippen molar-refractivity contribution in [1.82, 2.24) is 10.2 Å². The predicted molar refractivity (Wildman–Crippen MR) is 102 cm³/mol. The molecule has 0 aliphatic rings. The third kappa shape index (κ3) is 6.00. The summed E-state index contributed by atoms with van der Waals surface area (Å²) in [7, 11) is 3.51. The van der Waals surface area contributed by atoms with Crippen LogP contribution < -0.4 is 5.32 Å². The molecule has 0 aromatic heterocycles. The number of aliphatic hydroxyl groups excluding tert-OH is 1. The van der Waals surface area contributed by atoms with Gasteiger partial charge in [0.15, 0.2) is 0 Å². The van der Waals surface area contributed by atoms with Crippen LogP contribution in [0.3, 0.4) is 0 Å². The number of aliphatic hydroxyl groups is 1. The Morgan fingerprint density at radius 1 is 1.08 bits per heavy atom. The summed E-state index contributed by atoms with van der Waals surface area (Å²) in [5.41, 5.74) is 2.86. The van der Waals surface area contributed by atoms with E-state index in [0.717, 1.165) is 18.4 Å². The molecular weight excluding hydrogens is 312 g/mol. The summed E-state index contributed by atoms with van der Waals surface area (Å²) in [6, 6.07) is 17.8. The Balaban J connectivity index is 1.76. The van der Waals surface area contributed by atoms with Gasteiger partial charge in [-0.25, -0.2) is 0 Å².